The second kappa shape index (κ2) is 9.82. The minimum atomic E-state index is -0.916. The normalized spacial score (nSPS) is 16.3. The fourth-order valence-corrected chi connectivity index (χ4v) is 12.3. The maximum atomic E-state index is 2.77. The van der Waals surface area contributed by atoms with E-state index in [-0.39, 0.29) is 0 Å². The van der Waals surface area contributed by atoms with E-state index in [2.05, 4.69) is 18.7 Å². The molecule has 1 heterocycles. The van der Waals surface area contributed by atoms with E-state index in [0.717, 1.165) is 0 Å². The Hall–Kier alpha value is 0.830. The van der Waals surface area contributed by atoms with Crippen LogP contribution in [0, 0.1) is 0 Å². The average Bonchev–Trinajstić information content (AvgIpc) is 2.81. The van der Waals surface area contributed by atoms with Gasteiger partial charge in [-0.15, -0.1) is 0 Å². The van der Waals surface area contributed by atoms with Crippen LogP contribution >= 0.6 is 0 Å². The van der Waals surface area contributed by atoms with Gasteiger partial charge in [0.05, 0.1) is 0 Å². The SMILES string of the molecule is CCCCN(CCCC)C[CH2][In]1[CH2]CC[CH2]1. The first-order chi connectivity index (χ1) is 7.86. The summed E-state index contributed by atoms with van der Waals surface area (Å²) in [7, 11) is 0. The number of hydrogen-bond acceptors (Lipinski definition) is 1. The van der Waals surface area contributed by atoms with Crippen molar-refractivity contribution in [2.24, 2.45) is 0 Å². The third kappa shape index (κ3) is 6.54. The van der Waals surface area contributed by atoms with E-state index in [1.807, 2.05) is 0 Å². The van der Waals surface area contributed by atoms with E-state index in [9.17, 15) is 0 Å². The van der Waals surface area contributed by atoms with E-state index >= 15 is 0 Å². The topological polar surface area (TPSA) is 3.24 Å². The summed E-state index contributed by atoms with van der Waals surface area (Å²) in [6, 6.07) is 0. The standard InChI is InChI=1S/C10H22N.C4H8.In/c1-4-7-9-11(6-3)10-8-5-2;1-3-4-2;/h3-10H2,1-2H3;1-4H2;. The van der Waals surface area contributed by atoms with Crippen LogP contribution in [0.2, 0.25) is 12.5 Å². The molecule has 0 aromatic heterocycles. The molecule has 1 aliphatic rings. The van der Waals surface area contributed by atoms with Crippen LogP contribution in [0.4, 0.5) is 0 Å². The summed E-state index contributed by atoms with van der Waals surface area (Å²) in [5, 5.41) is 0. The monoisotopic (exact) mass is 327 g/mol. The van der Waals surface area contributed by atoms with Crippen LogP contribution in [0.25, 0.3) is 0 Å². The zero-order valence-electron chi connectivity index (χ0n) is 11.5. The number of rotatable bonds is 9. The van der Waals surface area contributed by atoms with Gasteiger partial charge in [-0.3, -0.25) is 0 Å². The van der Waals surface area contributed by atoms with E-state index in [1.54, 1.807) is 25.4 Å². The van der Waals surface area contributed by atoms with Crippen molar-refractivity contribution in [2.75, 3.05) is 19.6 Å². The van der Waals surface area contributed by atoms with E-state index in [4.69, 9.17) is 0 Å². The number of hydrogen-bond donors (Lipinski definition) is 0. The molecule has 0 unspecified atom stereocenters. The summed E-state index contributed by atoms with van der Waals surface area (Å²) in [5.74, 6) is 0. The van der Waals surface area contributed by atoms with Gasteiger partial charge in [0.15, 0.2) is 0 Å². The second-order valence-corrected chi connectivity index (χ2v) is 15.4. The third-order valence-corrected chi connectivity index (χ3v) is 14.0. The fourth-order valence-electron chi connectivity index (χ4n) is 2.76. The molecule has 1 nitrogen and oxygen atoms in total. The van der Waals surface area contributed by atoms with Crippen LogP contribution in [0.5, 0.6) is 0 Å². The predicted molar refractivity (Wildman–Crippen MR) is 75.7 cm³/mol. The molecule has 0 aromatic carbocycles. The van der Waals surface area contributed by atoms with Gasteiger partial charge in [0.2, 0.25) is 0 Å². The quantitative estimate of drug-likeness (QED) is 0.614. The molecule has 0 bridgehead atoms. The predicted octanol–water partition coefficient (Wildman–Crippen LogP) is 4.18. The van der Waals surface area contributed by atoms with Gasteiger partial charge in [0.25, 0.3) is 0 Å². The van der Waals surface area contributed by atoms with Crippen molar-refractivity contribution in [3.8, 4) is 0 Å². The Balaban J connectivity index is 2.13. The first-order valence-corrected chi connectivity index (χ1v) is 14.6. The van der Waals surface area contributed by atoms with Gasteiger partial charge >= 0.3 is 111 Å². The molecule has 0 saturated carbocycles. The first kappa shape index (κ1) is 14.9. The van der Waals surface area contributed by atoms with Crippen LogP contribution in [0.1, 0.15) is 52.4 Å². The van der Waals surface area contributed by atoms with Crippen LogP contribution in [0.3, 0.4) is 0 Å². The van der Waals surface area contributed by atoms with Gasteiger partial charge in [-0.1, -0.05) is 0 Å². The van der Waals surface area contributed by atoms with Crippen molar-refractivity contribution in [3.63, 3.8) is 0 Å². The molecular formula is C14H30InN. The molecule has 1 rings (SSSR count). The Labute approximate surface area is 111 Å². The Morgan fingerprint density at radius 1 is 0.875 bits per heavy atom. The Kier molecular flexibility index (Phi) is 9.14. The van der Waals surface area contributed by atoms with Crippen LogP contribution in [-0.4, -0.2) is 46.0 Å². The molecule has 1 aliphatic heterocycles. The van der Waals surface area contributed by atoms with Crippen LogP contribution < -0.4 is 0 Å². The molecule has 16 heavy (non-hydrogen) atoms. The van der Waals surface area contributed by atoms with Gasteiger partial charge in [-0.05, 0) is 0 Å². The van der Waals surface area contributed by atoms with Crippen LogP contribution in [0.15, 0.2) is 0 Å². The van der Waals surface area contributed by atoms with Crippen molar-refractivity contribution in [1.82, 2.24) is 4.90 Å². The van der Waals surface area contributed by atoms with Crippen molar-refractivity contribution >= 4 is 21.4 Å². The molecule has 0 spiro atoms. The number of unbranched alkanes of at least 4 members (excludes halogenated alkanes) is 2. The minimum absolute atomic E-state index is 0.916. The van der Waals surface area contributed by atoms with Crippen molar-refractivity contribution in [1.29, 1.82) is 0 Å². The fraction of sp³-hybridized carbons (Fsp3) is 1.00. The summed E-state index contributed by atoms with van der Waals surface area (Å²) in [4.78, 5) is 2.77. The van der Waals surface area contributed by atoms with E-state index in [0.29, 0.717) is 0 Å². The molecule has 94 valence electrons. The summed E-state index contributed by atoms with van der Waals surface area (Å²) in [6.45, 7) is 8.83. The zero-order valence-corrected chi connectivity index (χ0v) is 14.8. The zero-order chi connectivity index (χ0) is 11.6. The van der Waals surface area contributed by atoms with Gasteiger partial charge < -0.3 is 0 Å². The van der Waals surface area contributed by atoms with Crippen molar-refractivity contribution < 1.29 is 0 Å². The van der Waals surface area contributed by atoms with Gasteiger partial charge in [0.1, 0.15) is 0 Å². The van der Waals surface area contributed by atoms with E-state index in [1.165, 1.54) is 45.3 Å². The summed E-state index contributed by atoms with van der Waals surface area (Å²) in [6.07, 6.45) is 8.70. The van der Waals surface area contributed by atoms with Gasteiger partial charge in [-0.2, -0.15) is 0 Å². The Morgan fingerprint density at radius 3 is 1.94 bits per heavy atom. The Bertz CT molecular complexity index is 147. The molecule has 2 heteroatoms. The summed E-state index contributed by atoms with van der Waals surface area (Å²) in [5.41, 5.74) is 0. The third-order valence-electron chi connectivity index (χ3n) is 3.98. The average molecular weight is 327 g/mol. The maximum absolute atomic E-state index is 2.77. The van der Waals surface area contributed by atoms with Crippen molar-refractivity contribution in [2.45, 2.75) is 64.9 Å². The van der Waals surface area contributed by atoms with E-state index < -0.39 is 21.4 Å². The van der Waals surface area contributed by atoms with Crippen LogP contribution in [-0.2, 0) is 0 Å². The molecule has 0 aliphatic carbocycles. The van der Waals surface area contributed by atoms with Crippen molar-refractivity contribution in [3.05, 3.63) is 0 Å². The number of nitrogens with zero attached hydrogens (tertiary/aromatic N) is 1. The molecular weight excluding hydrogens is 297 g/mol. The van der Waals surface area contributed by atoms with Gasteiger partial charge in [0, 0.05) is 0 Å². The molecule has 0 N–H and O–H groups in total. The molecule has 0 atom stereocenters. The Morgan fingerprint density at radius 2 is 1.44 bits per heavy atom. The van der Waals surface area contributed by atoms with Gasteiger partial charge in [-0.25, -0.2) is 0 Å². The molecule has 0 amide bonds. The summed E-state index contributed by atoms with van der Waals surface area (Å²) >= 11 is -0.916. The molecule has 0 aromatic rings. The molecule has 0 radical (unpaired) electrons. The second-order valence-electron chi connectivity index (χ2n) is 5.49. The molecule has 1 saturated heterocycles. The molecule has 1 fully saturated rings. The summed E-state index contributed by atoms with van der Waals surface area (Å²) < 4.78 is 5.11. The first-order valence-electron chi connectivity index (χ1n) is 7.59.